The molecule has 13 heavy (non-hydrogen) atoms. The lowest BCUT2D eigenvalue weighted by molar-refractivity contribution is 1.08. The molecule has 0 amide bonds. The van der Waals surface area contributed by atoms with Crippen molar-refractivity contribution in [2.75, 3.05) is 0 Å². The molecule has 2 aromatic rings. The predicted molar refractivity (Wildman–Crippen MR) is 53.7 cm³/mol. The summed E-state index contributed by atoms with van der Waals surface area (Å²) in [5.41, 5.74) is 2.01. The molecule has 2 heteroatoms. The molecule has 0 aliphatic carbocycles. The zero-order valence-corrected chi connectivity index (χ0v) is 7.14. The van der Waals surface area contributed by atoms with Crippen LogP contribution in [0.1, 0.15) is 5.56 Å². The van der Waals surface area contributed by atoms with Crippen molar-refractivity contribution in [3.63, 3.8) is 0 Å². The molecule has 0 spiro atoms. The van der Waals surface area contributed by atoms with E-state index in [-0.39, 0.29) is 0 Å². The topological polar surface area (TPSA) is 28.8 Å². The lowest BCUT2D eigenvalue weighted by Gasteiger charge is -2.02. The summed E-state index contributed by atoms with van der Waals surface area (Å²) < 4.78 is 2.02. The Kier molecular flexibility index (Phi) is 1.96. The van der Waals surface area contributed by atoms with Gasteiger partial charge in [-0.1, -0.05) is 12.1 Å². The van der Waals surface area contributed by atoms with Crippen LogP contribution in [0.25, 0.3) is 5.69 Å². The molecule has 64 valence electrons. The van der Waals surface area contributed by atoms with E-state index in [2.05, 4.69) is 0 Å². The van der Waals surface area contributed by atoms with Crippen molar-refractivity contribution in [2.24, 2.45) is 0 Å². The molecule has 0 unspecified atom stereocenters. The minimum Gasteiger partial charge on any atom is -0.324 e. The number of hydrogen-bond donors (Lipinski definition) is 1. The van der Waals surface area contributed by atoms with Crippen LogP contribution in [-0.4, -0.2) is 10.8 Å². The second-order valence-corrected chi connectivity index (χ2v) is 2.83. The van der Waals surface area contributed by atoms with Gasteiger partial charge >= 0.3 is 0 Å². The maximum absolute atomic E-state index is 7.13. The van der Waals surface area contributed by atoms with Crippen molar-refractivity contribution in [1.82, 2.24) is 4.57 Å². The Balaban J connectivity index is 2.47. The first-order chi connectivity index (χ1) is 6.40. The zero-order valence-electron chi connectivity index (χ0n) is 7.14. The molecule has 0 fully saturated rings. The van der Waals surface area contributed by atoms with E-state index in [1.54, 1.807) is 0 Å². The summed E-state index contributed by atoms with van der Waals surface area (Å²) in [6.07, 6.45) is 5.33. The molecule has 0 saturated carbocycles. The molecule has 0 aliphatic rings. The van der Waals surface area contributed by atoms with Crippen LogP contribution >= 0.6 is 0 Å². The summed E-state index contributed by atoms with van der Waals surface area (Å²) in [6, 6.07) is 11.8. The molecule has 0 radical (unpaired) electrons. The highest BCUT2D eigenvalue weighted by Gasteiger charge is 1.94. The van der Waals surface area contributed by atoms with Gasteiger partial charge in [0.25, 0.3) is 0 Å². The van der Waals surface area contributed by atoms with Crippen molar-refractivity contribution in [1.29, 1.82) is 5.41 Å². The maximum atomic E-state index is 7.13. The molecule has 0 bridgehead atoms. The third-order valence-corrected chi connectivity index (χ3v) is 1.94. The molecule has 0 aliphatic heterocycles. The number of nitrogens with one attached hydrogen (secondary N) is 1. The Bertz CT molecular complexity index is 402. The van der Waals surface area contributed by atoms with Crippen molar-refractivity contribution in [2.45, 2.75) is 0 Å². The van der Waals surface area contributed by atoms with Gasteiger partial charge in [0.1, 0.15) is 0 Å². The van der Waals surface area contributed by atoms with Crippen molar-refractivity contribution in [3.05, 3.63) is 54.4 Å². The van der Waals surface area contributed by atoms with Gasteiger partial charge in [0.2, 0.25) is 0 Å². The van der Waals surface area contributed by atoms with Crippen LogP contribution in [0.4, 0.5) is 0 Å². The molecule has 0 atom stereocenters. The van der Waals surface area contributed by atoms with E-state index < -0.39 is 0 Å². The summed E-state index contributed by atoms with van der Waals surface area (Å²) in [6.45, 7) is 0. The number of hydrogen-bond acceptors (Lipinski definition) is 1. The van der Waals surface area contributed by atoms with Gasteiger partial charge in [-0.3, -0.25) is 0 Å². The van der Waals surface area contributed by atoms with E-state index in [1.165, 1.54) is 6.21 Å². The van der Waals surface area contributed by atoms with Gasteiger partial charge in [0.05, 0.1) is 0 Å². The Labute approximate surface area is 77.0 Å². The second kappa shape index (κ2) is 3.27. The van der Waals surface area contributed by atoms with Gasteiger partial charge in [-0.05, 0) is 29.8 Å². The highest BCUT2D eigenvalue weighted by molar-refractivity contribution is 5.77. The average Bonchev–Trinajstić information content (AvgIpc) is 2.71. The Morgan fingerprint density at radius 2 is 1.85 bits per heavy atom. The fraction of sp³-hybridized carbons (Fsp3) is 0. The van der Waals surface area contributed by atoms with Crippen LogP contribution in [0.5, 0.6) is 0 Å². The summed E-state index contributed by atoms with van der Waals surface area (Å²) in [4.78, 5) is 0. The van der Waals surface area contributed by atoms with Gasteiger partial charge in [-0.25, -0.2) is 0 Å². The van der Waals surface area contributed by atoms with Crippen LogP contribution in [-0.2, 0) is 0 Å². The van der Waals surface area contributed by atoms with Crippen LogP contribution in [0.2, 0.25) is 0 Å². The van der Waals surface area contributed by atoms with E-state index in [1.807, 2.05) is 53.4 Å². The van der Waals surface area contributed by atoms with Crippen molar-refractivity contribution >= 4 is 6.21 Å². The third-order valence-electron chi connectivity index (χ3n) is 1.94. The van der Waals surface area contributed by atoms with Crippen molar-refractivity contribution < 1.29 is 0 Å². The lowest BCUT2D eigenvalue weighted by Crippen LogP contribution is -1.90. The highest BCUT2D eigenvalue weighted by Crippen LogP contribution is 2.09. The molecule has 1 aromatic carbocycles. The maximum Gasteiger partial charge on any atom is 0.0455 e. The predicted octanol–water partition coefficient (Wildman–Crippen LogP) is 2.47. The number of benzene rings is 1. The van der Waals surface area contributed by atoms with E-state index >= 15 is 0 Å². The average molecular weight is 170 g/mol. The minimum atomic E-state index is 0.922. The number of nitrogens with zero attached hydrogens (tertiary/aromatic N) is 1. The van der Waals surface area contributed by atoms with E-state index in [9.17, 15) is 0 Å². The smallest absolute Gasteiger partial charge is 0.0455 e. The summed E-state index contributed by atoms with van der Waals surface area (Å²) in [5, 5.41) is 7.13. The lowest BCUT2D eigenvalue weighted by atomic mass is 10.2. The van der Waals surface area contributed by atoms with Gasteiger partial charge in [0, 0.05) is 24.3 Å². The summed E-state index contributed by atoms with van der Waals surface area (Å²) in [7, 11) is 0. The van der Waals surface area contributed by atoms with E-state index in [0.717, 1.165) is 11.3 Å². The first-order valence-corrected chi connectivity index (χ1v) is 4.14. The minimum absolute atomic E-state index is 0.922. The first-order valence-electron chi connectivity index (χ1n) is 4.14. The fourth-order valence-corrected chi connectivity index (χ4v) is 1.28. The van der Waals surface area contributed by atoms with Crippen LogP contribution in [0.3, 0.4) is 0 Å². The Hall–Kier alpha value is -1.83. The molecule has 0 saturated heterocycles. The molecular weight excluding hydrogens is 160 g/mol. The highest BCUT2D eigenvalue weighted by atomic mass is 14.9. The SMILES string of the molecule is N=Cc1cccc(-n2cccc2)c1. The van der Waals surface area contributed by atoms with E-state index in [4.69, 9.17) is 5.41 Å². The molecule has 2 rings (SSSR count). The largest absolute Gasteiger partial charge is 0.324 e. The molecular formula is C11H10N2. The summed E-state index contributed by atoms with van der Waals surface area (Å²) in [5.74, 6) is 0. The van der Waals surface area contributed by atoms with Crippen molar-refractivity contribution in [3.8, 4) is 5.69 Å². The zero-order chi connectivity index (χ0) is 9.10. The van der Waals surface area contributed by atoms with Crippen LogP contribution < -0.4 is 0 Å². The Morgan fingerprint density at radius 3 is 2.54 bits per heavy atom. The third kappa shape index (κ3) is 1.51. The second-order valence-electron chi connectivity index (χ2n) is 2.83. The van der Waals surface area contributed by atoms with Crippen LogP contribution in [0, 0.1) is 5.41 Å². The quantitative estimate of drug-likeness (QED) is 0.671. The van der Waals surface area contributed by atoms with Gasteiger partial charge in [-0.2, -0.15) is 0 Å². The number of aromatic nitrogens is 1. The molecule has 1 N–H and O–H groups in total. The normalized spacial score (nSPS) is 9.85. The Morgan fingerprint density at radius 1 is 1.08 bits per heavy atom. The molecule has 1 heterocycles. The standard InChI is InChI=1S/C11H10N2/c12-9-10-4-3-5-11(8-10)13-6-1-2-7-13/h1-9,12H. The summed E-state index contributed by atoms with van der Waals surface area (Å²) >= 11 is 0. The van der Waals surface area contributed by atoms with Gasteiger partial charge < -0.3 is 9.98 Å². The van der Waals surface area contributed by atoms with E-state index in [0.29, 0.717) is 0 Å². The fourth-order valence-electron chi connectivity index (χ4n) is 1.28. The number of rotatable bonds is 2. The van der Waals surface area contributed by atoms with Gasteiger partial charge in [0.15, 0.2) is 0 Å². The van der Waals surface area contributed by atoms with Crippen LogP contribution in [0.15, 0.2) is 48.8 Å². The monoisotopic (exact) mass is 170 g/mol. The van der Waals surface area contributed by atoms with Gasteiger partial charge in [-0.15, -0.1) is 0 Å². The first kappa shape index (κ1) is 7.80. The molecule has 2 nitrogen and oxygen atoms in total. The molecule has 1 aromatic heterocycles.